The summed E-state index contributed by atoms with van der Waals surface area (Å²) < 4.78 is 0. The number of hydrogen-bond acceptors (Lipinski definition) is 3. The minimum Gasteiger partial charge on any atom is -0.389 e. The number of likely N-dealkylation sites (N-methyl/N-ethyl adjacent to an activating group) is 2. The molecule has 0 unspecified atom stereocenters. The van der Waals surface area contributed by atoms with Gasteiger partial charge in [-0.25, -0.2) is 0 Å². The number of amides is 1. The molecular formula is C10H22N2O2. The third-order valence-electron chi connectivity index (χ3n) is 1.80. The van der Waals surface area contributed by atoms with E-state index in [4.69, 9.17) is 0 Å². The molecule has 1 amide bonds. The second-order valence-corrected chi connectivity index (χ2v) is 4.07. The van der Waals surface area contributed by atoms with Gasteiger partial charge in [-0.1, -0.05) is 6.92 Å². The van der Waals surface area contributed by atoms with Crippen LogP contribution in [-0.4, -0.2) is 47.7 Å². The van der Waals surface area contributed by atoms with E-state index in [0.29, 0.717) is 19.6 Å². The second kappa shape index (κ2) is 5.98. The number of carbonyl (C=O) groups excluding carboxylic acids is 1. The van der Waals surface area contributed by atoms with Gasteiger partial charge in [0, 0.05) is 13.1 Å². The molecule has 0 saturated heterocycles. The SMILES string of the molecule is CCNC(=O)CN(CC)CC(C)(C)O. The van der Waals surface area contributed by atoms with Crippen molar-refractivity contribution in [1.82, 2.24) is 10.2 Å². The number of nitrogens with one attached hydrogen (secondary N) is 1. The Morgan fingerprint density at radius 1 is 1.43 bits per heavy atom. The van der Waals surface area contributed by atoms with Gasteiger partial charge >= 0.3 is 0 Å². The van der Waals surface area contributed by atoms with Crippen LogP contribution in [0, 0.1) is 0 Å². The first-order chi connectivity index (χ1) is 6.39. The van der Waals surface area contributed by atoms with E-state index < -0.39 is 5.60 Å². The number of nitrogens with zero attached hydrogens (tertiary/aromatic N) is 1. The molecule has 0 fully saturated rings. The molecule has 0 heterocycles. The maximum Gasteiger partial charge on any atom is 0.234 e. The van der Waals surface area contributed by atoms with Crippen molar-refractivity contribution in [3.05, 3.63) is 0 Å². The summed E-state index contributed by atoms with van der Waals surface area (Å²) in [7, 11) is 0. The summed E-state index contributed by atoms with van der Waals surface area (Å²) in [6, 6.07) is 0. The fourth-order valence-corrected chi connectivity index (χ4v) is 1.28. The normalized spacial score (nSPS) is 11.9. The highest BCUT2D eigenvalue weighted by molar-refractivity contribution is 5.77. The van der Waals surface area contributed by atoms with E-state index in [2.05, 4.69) is 5.32 Å². The molecule has 0 aromatic heterocycles. The van der Waals surface area contributed by atoms with Crippen molar-refractivity contribution in [2.24, 2.45) is 0 Å². The predicted molar refractivity (Wildman–Crippen MR) is 57.1 cm³/mol. The van der Waals surface area contributed by atoms with Crippen molar-refractivity contribution in [3.63, 3.8) is 0 Å². The Balaban J connectivity index is 3.97. The predicted octanol–water partition coefficient (Wildman–Crippen LogP) is 0.215. The highest BCUT2D eigenvalue weighted by atomic mass is 16.3. The number of hydrogen-bond donors (Lipinski definition) is 2. The van der Waals surface area contributed by atoms with Crippen LogP contribution >= 0.6 is 0 Å². The van der Waals surface area contributed by atoms with Crippen LogP contribution in [0.25, 0.3) is 0 Å². The Hall–Kier alpha value is -0.610. The molecule has 0 rings (SSSR count). The Bertz CT molecular complexity index is 175. The average Bonchev–Trinajstić information content (AvgIpc) is 2.01. The van der Waals surface area contributed by atoms with Crippen LogP contribution in [0.1, 0.15) is 27.7 Å². The van der Waals surface area contributed by atoms with Crippen molar-refractivity contribution in [2.75, 3.05) is 26.2 Å². The van der Waals surface area contributed by atoms with Gasteiger partial charge in [0.2, 0.25) is 5.91 Å². The van der Waals surface area contributed by atoms with E-state index in [1.54, 1.807) is 13.8 Å². The lowest BCUT2D eigenvalue weighted by molar-refractivity contribution is -0.122. The van der Waals surface area contributed by atoms with Crippen LogP contribution in [0.3, 0.4) is 0 Å². The van der Waals surface area contributed by atoms with Crippen LogP contribution in [0.5, 0.6) is 0 Å². The third kappa shape index (κ3) is 6.86. The largest absolute Gasteiger partial charge is 0.389 e. The molecule has 0 aromatic rings. The van der Waals surface area contributed by atoms with Gasteiger partial charge in [0.1, 0.15) is 0 Å². The number of rotatable bonds is 6. The van der Waals surface area contributed by atoms with E-state index >= 15 is 0 Å². The summed E-state index contributed by atoms with van der Waals surface area (Å²) >= 11 is 0. The van der Waals surface area contributed by atoms with Crippen LogP contribution in [-0.2, 0) is 4.79 Å². The Kier molecular flexibility index (Phi) is 5.72. The third-order valence-corrected chi connectivity index (χ3v) is 1.80. The van der Waals surface area contributed by atoms with Gasteiger partial charge in [0.05, 0.1) is 12.1 Å². The average molecular weight is 202 g/mol. The summed E-state index contributed by atoms with van der Waals surface area (Å²) in [5, 5.41) is 12.3. The molecule has 0 atom stereocenters. The zero-order valence-corrected chi connectivity index (χ0v) is 9.63. The van der Waals surface area contributed by atoms with E-state index in [-0.39, 0.29) is 5.91 Å². The molecule has 0 bridgehead atoms. The van der Waals surface area contributed by atoms with E-state index in [9.17, 15) is 9.90 Å². The van der Waals surface area contributed by atoms with E-state index in [1.807, 2.05) is 18.7 Å². The quantitative estimate of drug-likeness (QED) is 0.647. The lowest BCUT2D eigenvalue weighted by atomic mass is 10.1. The van der Waals surface area contributed by atoms with Crippen molar-refractivity contribution in [3.8, 4) is 0 Å². The summed E-state index contributed by atoms with van der Waals surface area (Å²) in [4.78, 5) is 13.2. The van der Waals surface area contributed by atoms with Crippen LogP contribution in [0.2, 0.25) is 0 Å². The van der Waals surface area contributed by atoms with Gasteiger partial charge in [-0.05, 0) is 27.3 Å². The first kappa shape index (κ1) is 13.4. The maximum atomic E-state index is 11.3. The Morgan fingerprint density at radius 3 is 2.36 bits per heavy atom. The second-order valence-electron chi connectivity index (χ2n) is 4.07. The highest BCUT2D eigenvalue weighted by Crippen LogP contribution is 2.03. The fraction of sp³-hybridized carbons (Fsp3) is 0.900. The molecule has 0 spiro atoms. The lowest BCUT2D eigenvalue weighted by Gasteiger charge is -2.27. The zero-order chi connectivity index (χ0) is 11.2. The van der Waals surface area contributed by atoms with Crippen molar-refractivity contribution in [1.29, 1.82) is 0 Å². The smallest absolute Gasteiger partial charge is 0.234 e. The summed E-state index contributed by atoms with van der Waals surface area (Å²) in [6.45, 7) is 9.64. The molecule has 0 saturated carbocycles. The molecule has 14 heavy (non-hydrogen) atoms. The van der Waals surface area contributed by atoms with Gasteiger partial charge < -0.3 is 10.4 Å². The molecular weight excluding hydrogens is 180 g/mol. The molecule has 84 valence electrons. The van der Waals surface area contributed by atoms with Gasteiger partial charge in [-0.3, -0.25) is 9.69 Å². The van der Waals surface area contributed by atoms with Crippen molar-refractivity contribution in [2.45, 2.75) is 33.3 Å². The maximum absolute atomic E-state index is 11.3. The van der Waals surface area contributed by atoms with Crippen LogP contribution in [0.4, 0.5) is 0 Å². The first-order valence-electron chi connectivity index (χ1n) is 5.10. The van der Waals surface area contributed by atoms with Crippen LogP contribution < -0.4 is 5.32 Å². The molecule has 2 N–H and O–H groups in total. The Morgan fingerprint density at radius 2 is 2.00 bits per heavy atom. The molecule has 4 nitrogen and oxygen atoms in total. The fourth-order valence-electron chi connectivity index (χ4n) is 1.28. The van der Waals surface area contributed by atoms with E-state index in [1.165, 1.54) is 0 Å². The monoisotopic (exact) mass is 202 g/mol. The van der Waals surface area contributed by atoms with E-state index in [0.717, 1.165) is 6.54 Å². The van der Waals surface area contributed by atoms with Gasteiger partial charge in [-0.15, -0.1) is 0 Å². The number of carbonyl (C=O) groups is 1. The minimum absolute atomic E-state index is 0.0126. The first-order valence-corrected chi connectivity index (χ1v) is 5.10. The molecule has 0 aliphatic carbocycles. The minimum atomic E-state index is -0.748. The molecule has 4 heteroatoms. The van der Waals surface area contributed by atoms with Gasteiger partial charge in [0.25, 0.3) is 0 Å². The lowest BCUT2D eigenvalue weighted by Crippen LogP contribution is -2.43. The Labute approximate surface area is 86.3 Å². The summed E-state index contributed by atoms with van der Waals surface area (Å²) in [5.41, 5.74) is -0.748. The van der Waals surface area contributed by atoms with Gasteiger partial charge in [0.15, 0.2) is 0 Å². The van der Waals surface area contributed by atoms with Crippen molar-refractivity contribution < 1.29 is 9.90 Å². The molecule has 0 aliphatic heterocycles. The molecule has 0 aromatic carbocycles. The molecule has 0 radical (unpaired) electrons. The topological polar surface area (TPSA) is 52.6 Å². The summed E-state index contributed by atoms with van der Waals surface area (Å²) in [5.74, 6) is 0.0126. The van der Waals surface area contributed by atoms with Crippen molar-refractivity contribution >= 4 is 5.91 Å². The molecule has 0 aliphatic rings. The highest BCUT2D eigenvalue weighted by Gasteiger charge is 2.18. The van der Waals surface area contributed by atoms with Gasteiger partial charge in [-0.2, -0.15) is 0 Å². The summed E-state index contributed by atoms with van der Waals surface area (Å²) in [6.07, 6.45) is 0. The standard InChI is InChI=1S/C10H22N2O2/c1-5-11-9(13)7-12(6-2)8-10(3,4)14/h14H,5-8H2,1-4H3,(H,11,13). The zero-order valence-electron chi connectivity index (χ0n) is 9.63. The van der Waals surface area contributed by atoms with Crippen LogP contribution in [0.15, 0.2) is 0 Å². The number of aliphatic hydroxyl groups is 1.